The molecule has 1 amide bonds. The van der Waals surface area contributed by atoms with Gasteiger partial charge in [0.2, 0.25) is 0 Å². The fourth-order valence-electron chi connectivity index (χ4n) is 1.78. The molecule has 1 rings (SSSR count). The third kappa shape index (κ3) is 5.19. The number of hydrogen-bond donors (Lipinski definition) is 1. The molecular formula is C15H24N2O3. The van der Waals surface area contributed by atoms with Crippen molar-refractivity contribution in [2.24, 2.45) is 0 Å². The lowest BCUT2D eigenvalue weighted by Crippen LogP contribution is -2.34. The van der Waals surface area contributed by atoms with Gasteiger partial charge in [0.15, 0.2) is 0 Å². The van der Waals surface area contributed by atoms with Crippen LogP contribution < -0.4 is 10.1 Å². The van der Waals surface area contributed by atoms with Crippen LogP contribution >= 0.6 is 0 Å². The van der Waals surface area contributed by atoms with Crippen LogP contribution in [0.5, 0.6) is 5.75 Å². The Balaban J connectivity index is 2.43. The van der Waals surface area contributed by atoms with E-state index in [1.807, 2.05) is 26.1 Å². The number of carbonyl (C=O) groups is 1. The van der Waals surface area contributed by atoms with Crippen LogP contribution in [0.15, 0.2) is 18.2 Å². The molecule has 0 aliphatic carbocycles. The molecule has 0 aliphatic heterocycles. The van der Waals surface area contributed by atoms with Crippen LogP contribution in [-0.4, -0.2) is 58.3 Å². The number of benzene rings is 1. The predicted octanol–water partition coefficient (Wildman–Crippen LogP) is 1.31. The summed E-state index contributed by atoms with van der Waals surface area (Å²) in [6.45, 7) is 4.89. The van der Waals surface area contributed by atoms with Crippen molar-refractivity contribution in [3.63, 3.8) is 0 Å². The van der Waals surface area contributed by atoms with Gasteiger partial charge in [0.25, 0.3) is 5.91 Å². The Morgan fingerprint density at radius 3 is 2.70 bits per heavy atom. The van der Waals surface area contributed by atoms with Crippen molar-refractivity contribution in [2.45, 2.75) is 6.92 Å². The van der Waals surface area contributed by atoms with E-state index in [0.717, 1.165) is 24.4 Å². The highest BCUT2D eigenvalue weighted by Crippen LogP contribution is 2.18. The third-order valence-electron chi connectivity index (χ3n) is 3.13. The summed E-state index contributed by atoms with van der Waals surface area (Å²) in [5.41, 5.74) is 1.63. The predicted molar refractivity (Wildman–Crippen MR) is 79.4 cm³/mol. The molecule has 0 atom stereocenters. The van der Waals surface area contributed by atoms with Gasteiger partial charge >= 0.3 is 0 Å². The number of carbonyl (C=O) groups excluding carboxylic acids is 1. The second kappa shape index (κ2) is 8.55. The zero-order valence-corrected chi connectivity index (χ0v) is 12.7. The fraction of sp³-hybridized carbons (Fsp3) is 0.533. The number of nitrogens with zero attached hydrogens (tertiary/aromatic N) is 1. The monoisotopic (exact) mass is 280 g/mol. The van der Waals surface area contributed by atoms with Crippen LogP contribution in [-0.2, 0) is 4.74 Å². The maximum atomic E-state index is 12.0. The highest BCUT2D eigenvalue weighted by molar-refractivity contribution is 5.94. The van der Waals surface area contributed by atoms with E-state index in [0.29, 0.717) is 18.7 Å². The zero-order valence-electron chi connectivity index (χ0n) is 12.7. The van der Waals surface area contributed by atoms with Gasteiger partial charge in [-0.15, -0.1) is 0 Å². The molecule has 1 N–H and O–H groups in total. The lowest BCUT2D eigenvalue weighted by atomic mass is 10.1. The molecule has 112 valence electrons. The largest absolute Gasteiger partial charge is 0.496 e. The molecule has 0 fully saturated rings. The van der Waals surface area contributed by atoms with Crippen LogP contribution in [0.1, 0.15) is 15.9 Å². The van der Waals surface area contributed by atoms with Gasteiger partial charge in [-0.3, -0.25) is 4.79 Å². The maximum absolute atomic E-state index is 12.0. The van der Waals surface area contributed by atoms with Crippen LogP contribution in [0, 0.1) is 6.92 Å². The molecular weight excluding hydrogens is 256 g/mol. The fourth-order valence-corrected chi connectivity index (χ4v) is 1.78. The standard InChI is InChI=1S/C15H24N2O3/c1-12-5-6-13(11-14(12)20-4)15(18)16-7-8-17(2)9-10-19-3/h5-6,11H,7-10H2,1-4H3,(H,16,18). The minimum Gasteiger partial charge on any atom is -0.496 e. The van der Waals surface area contributed by atoms with E-state index in [1.54, 1.807) is 20.3 Å². The summed E-state index contributed by atoms with van der Waals surface area (Å²) in [5.74, 6) is 0.651. The normalized spacial score (nSPS) is 10.7. The maximum Gasteiger partial charge on any atom is 0.251 e. The van der Waals surface area contributed by atoms with Gasteiger partial charge in [0.1, 0.15) is 5.75 Å². The topological polar surface area (TPSA) is 50.8 Å². The molecule has 0 aromatic heterocycles. The molecule has 0 saturated carbocycles. The van der Waals surface area contributed by atoms with Gasteiger partial charge in [-0.25, -0.2) is 0 Å². The lowest BCUT2D eigenvalue weighted by molar-refractivity contribution is 0.0947. The Hall–Kier alpha value is -1.59. The number of aryl methyl sites for hydroxylation is 1. The summed E-state index contributed by atoms with van der Waals surface area (Å²) in [4.78, 5) is 14.1. The molecule has 1 aromatic rings. The summed E-state index contributed by atoms with van der Waals surface area (Å²) in [7, 11) is 5.29. The molecule has 0 unspecified atom stereocenters. The summed E-state index contributed by atoms with van der Waals surface area (Å²) in [6.07, 6.45) is 0. The van der Waals surface area contributed by atoms with E-state index >= 15 is 0 Å². The molecule has 5 heteroatoms. The van der Waals surface area contributed by atoms with Crippen LogP contribution in [0.2, 0.25) is 0 Å². The lowest BCUT2D eigenvalue weighted by Gasteiger charge is -2.16. The molecule has 0 bridgehead atoms. The van der Waals surface area contributed by atoms with E-state index in [9.17, 15) is 4.79 Å². The molecule has 1 aromatic carbocycles. The average Bonchev–Trinajstić information content (AvgIpc) is 2.45. The molecule has 5 nitrogen and oxygen atoms in total. The first-order valence-corrected chi connectivity index (χ1v) is 6.68. The quantitative estimate of drug-likeness (QED) is 0.780. The average molecular weight is 280 g/mol. The second-order valence-corrected chi connectivity index (χ2v) is 4.74. The highest BCUT2D eigenvalue weighted by atomic mass is 16.5. The first-order chi connectivity index (χ1) is 9.58. The van der Waals surface area contributed by atoms with E-state index in [4.69, 9.17) is 9.47 Å². The SMILES string of the molecule is COCCN(C)CCNC(=O)c1ccc(C)c(OC)c1. The smallest absolute Gasteiger partial charge is 0.251 e. The van der Waals surface area contributed by atoms with Gasteiger partial charge in [-0.2, -0.15) is 0 Å². The van der Waals surface area contributed by atoms with Crippen molar-refractivity contribution in [3.8, 4) is 5.75 Å². The van der Waals surface area contributed by atoms with E-state index in [-0.39, 0.29) is 5.91 Å². The zero-order chi connectivity index (χ0) is 15.0. The van der Waals surface area contributed by atoms with E-state index in [2.05, 4.69) is 10.2 Å². The first kappa shape index (κ1) is 16.5. The van der Waals surface area contributed by atoms with E-state index < -0.39 is 0 Å². The van der Waals surface area contributed by atoms with Crippen LogP contribution in [0.25, 0.3) is 0 Å². The molecule has 0 radical (unpaired) electrons. The summed E-state index contributed by atoms with van der Waals surface area (Å²) in [5, 5.41) is 2.90. The molecule has 0 saturated heterocycles. The van der Waals surface area contributed by atoms with Gasteiger partial charge in [0, 0.05) is 32.3 Å². The number of ether oxygens (including phenoxy) is 2. The minimum atomic E-state index is -0.0801. The van der Waals surface area contributed by atoms with Crippen molar-refractivity contribution < 1.29 is 14.3 Å². The van der Waals surface area contributed by atoms with E-state index in [1.165, 1.54) is 0 Å². The van der Waals surface area contributed by atoms with Crippen molar-refractivity contribution in [1.29, 1.82) is 0 Å². The number of rotatable bonds is 8. The Kier molecular flexibility index (Phi) is 7.04. The molecule has 0 spiro atoms. The van der Waals surface area contributed by atoms with Gasteiger partial charge < -0.3 is 19.7 Å². The molecule has 0 heterocycles. The Morgan fingerprint density at radius 2 is 2.05 bits per heavy atom. The van der Waals surface area contributed by atoms with Gasteiger partial charge in [-0.05, 0) is 31.7 Å². The van der Waals surface area contributed by atoms with Crippen molar-refractivity contribution in [1.82, 2.24) is 10.2 Å². The summed E-state index contributed by atoms with van der Waals surface area (Å²) < 4.78 is 10.2. The highest BCUT2D eigenvalue weighted by Gasteiger charge is 2.08. The van der Waals surface area contributed by atoms with Gasteiger partial charge in [0.05, 0.1) is 13.7 Å². The van der Waals surface area contributed by atoms with Crippen LogP contribution in [0.4, 0.5) is 0 Å². The third-order valence-corrected chi connectivity index (χ3v) is 3.13. The number of likely N-dealkylation sites (N-methyl/N-ethyl adjacent to an activating group) is 1. The Morgan fingerprint density at radius 1 is 1.30 bits per heavy atom. The minimum absolute atomic E-state index is 0.0801. The van der Waals surface area contributed by atoms with Crippen molar-refractivity contribution >= 4 is 5.91 Å². The Labute approximate surface area is 120 Å². The first-order valence-electron chi connectivity index (χ1n) is 6.68. The van der Waals surface area contributed by atoms with Gasteiger partial charge in [-0.1, -0.05) is 6.07 Å². The molecule has 0 aliphatic rings. The second-order valence-electron chi connectivity index (χ2n) is 4.74. The Bertz CT molecular complexity index is 435. The summed E-state index contributed by atoms with van der Waals surface area (Å²) >= 11 is 0. The number of hydrogen-bond acceptors (Lipinski definition) is 4. The van der Waals surface area contributed by atoms with Crippen molar-refractivity contribution in [3.05, 3.63) is 29.3 Å². The number of nitrogens with one attached hydrogen (secondary N) is 1. The number of methoxy groups -OCH3 is 2. The number of amides is 1. The van der Waals surface area contributed by atoms with Crippen LogP contribution in [0.3, 0.4) is 0 Å². The molecule has 20 heavy (non-hydrogen) atoms. The van der Waals surface area contributed by atoms with Crippen molar-refractivity contribution in [2.75, 3.05) is 47.5 Å². The summed E-state index contributed by atoms with van der Waals surface area (Å²) in [6, 6.07) is 5.46.